The fourth-order valence-corrected chi connectivity index (χ4v) is 4.74. The second-order valence-electron chi connectivity index (χ2n) is 8.10. The van der Waals surface area contributed by atoms with Gasteiger partial charge in [0.15, 0.2) is 0 Å². The Morgan fingerprint density at radius 3 is 2.76 bits per heavy atom. The highest BCUT2D eigenvalue weighted by Crippen LogP contribution is 2.30. The Labute approximate surface area is 172 Å². The minimum absolute atomic E-state index is 0.917. The van der Waals surface area contributed by atoms with Gasteiger partial charge >= 0.3 is 0 Å². The Morgan fingerprint density at radius 1 is 1.00 bits per heavy atom. The van der Waals surface area contributed by atoms with Crippen LogP contribution in [-0.2, 0) is 13.0 Å². The smallest absolute Gasteiger partial charge is 0.119 e. The summed E-state index contributed by atoms with van der Waals surface area (Å²) in [6.45, 7) is 3.41. The highest BCUT2D eigenvalue weighted by atomic mass is 16.5. The summed E-state index contributed by atoms with van der Waals surface area (Å²) in [4.78, 5) is 5.95. The first-order valence-corrected chi connectivity index (χ1v) is 10.8. The first kappa shape index (κ1) is 18.2. The number of aromatic nitrogens is 2. The summed E-state index contributed by atoms with van der Waals surface area (Å²) >= 11 is 0. The zero-order valence-electron chi connectivity index (χ0n) is 17.2. The van der Waals surface area contributed by atoms with Crippen LogP contribution < -0.4 is 9.64 Å². The molecule has 0 atom stereocenters. The maximum atomic E-state index is 5.40. The Bertz CT molecular complexity index is 1120. The first-order chi connectivity index (χ1) is 14.3. The van der Waals surface area contributed by atoms with Crippen LogP contribution >= 0.6 is 0 Å². The largest absolute Gasteiger partial charge is 0.497 e. The fraction of sp³-hybridized carbons (Fsp3) is 0.360. The lowest BCUT2D eigenvalue weighted by atomic mass is 10.1. The molecule has 2 aromatic carbocycles. The van der Waals surface area contributed by atoms with Crippen LogP contribution in [0.3, 0.4) is 0 Å². The minimum atomic E-state index is 0.917. The number of methoxy groups -OCH3 is 1. The molecule has 3 heterocycles. The molecule has 0 bridgehead atoms. The van der Waals surface area contributed by atoms with Gasteiger partial charge in [-0.3, -0.25) is 0 Å². The lowest BCUT2D eigenvalue weighted by molar-refractivity contribution is 0.415. The molecule has 1 fully saturated rings. The number of rotatable bonds is 6. The Hall–Kier alpha value is -2.88. The number of piperidine rings is 1. The number of aromatic amines is 1. The molecule has 1 aliphatic heterocycles. The SMILES string of the molecule is COc1ccc2[nH]cc(CCCn3ccc4c(N5CCCCC5)cccc43)c2c1. The molecular formula is C25H29N3O. The molecule has 0 spiro atoms. The van der Waals surface area contributed by atoms with Crippen LogP contribution in [0.1, 0.15) is 31.2 Å². The van der Waals surface area contributed by atoms with Crippen molar-refractivity contribution in [1.29, 1.82) is 0 Å². The second kappa shape index (κ2) is 7.86. The van der Waals surface area contributed by atoms with Crippen molar-refractivity contribution < 1.29 is 4.74 Å². The maximum absolute atomic E-state index is 5.40. The number of nitrogens with one attached hydrogen (secondary N) is 1. The van der Waals surface area contributed by atoms with Gasteiger partial charge in [0.1, 0.15) is 5.75 Å². The lowest BCUT2D eigenvalue weighted by Crippen LogP contribution is -2.29. The molecule has 150 valence electrons. The molecule has 0 aliphatic carbocycles. The van der Waals surface area contributed by atoms with Crippen LogP contribution in [0.25, 0.3) is 21.8 Å². The van der Waals surface area contributed by atoms with E-state index >= 15 is 0 Å². The molecule has 29 heavy (non-hydrogen) atoms. The third-order valence-electron chi connectivity index (χ3n) is 6.31. The van der Waals surface area contributed by atoms with Crippen LogP contribution in [0.4, 0.5) is 5.69 Å². The summed E-state index contributed by atoms with van der Waals surface area (Å²) in [5.41, 5.74) is 5.31. The monoisotopic (exact) mass is 387 g/mol. The van der Waals surface area contributed by atoms with E-state index in [1.54, 1.807) is 7.11 Å². The number of fused-ring (bicyclic) bond motifs is 2. The van der Waals surface area contributed by atoms with Gasteiger partial charge in [-0.2, -0.15) is 0 Å². The summed E-state index contributed by atoms with van der Waals surface area (Å²) < 4.78 is 7.81. The summed E-state index contributed by atoms with van der Waals surface area (Å²) in [7, 11) is 1.72. The summed E-state index contributed by atoms with van der Waals surface area (Å²) in [5.74, 6) is 0.917. The summed E-state index contributed by atoms with van der Waals surface area (Å²) in [6.07, 6.45) is 10.6. The van der Waals surface area contributed by atoms with E-state index in [2.05, 4.69) is 63.2 Å². The maximum Gasteiger partial charge on any atom is 0.119 e. The molecule has 4 aromatic rings. The number of hydrogen-bond acceptors (Lipinski definition) is 2. The van der Waals surface area contributed by atoms with E-state index in [4.69, 9.17) is 4.74 Å². The number of hydrogen-bond donors (Lipinski definition) is 1. The summed E-state index contributed by atoms with van der Waals surface area (Å²) in [6, 6.07) is 15.3. The number of H-pyrrole nitrogens is 1. The van der Waals surface area contributed by atoms with Gasteiger partial charge in [-0.15, -0.1) is 0 Å². The van der Waals surface area contributed by atoms with E-state index in [1.165, 1.54) is 65.4 Å². The highest BCUT2D eigenvalue weighted by molar-refractivity contribution is 5.93. The number of benzene rings is 2. The van der Waals surface area contributed by atoms with Gasteiger partial charge in [-0.25, -0.2) is 0 Å². The zero-order valence-corrected chi connectivity index (χ0v) is 17.2. The van der Waals surface area contributed by atoms with Gasteiger partial charge in [0.25, 0.3) is 0 Å². The Kier molecular flexibility index (Phi) is 4.92. The van der Waals surface area contributed by atoms with Crippen LogP contribution in [0.2, 0.25) is 0 Å². The van der Waals surface area contributed by atoms with Gasteiger partial charge in [-0.1, -0.05) is 6.07 Å². The quantitative estimate of drug-likeness (QED) is 0.457. The van der Waals surface area contributed by atoms with Crippen molar-refractivity contribution in [3.63, 3.8) is 0 Å². The molecule has 1 N–H and O–H groups in total. The molecule has 4 heteroatoms. The molecule has 0 saturated carbocycles. The number of anilines is 1. The van der Waals surface area contributed by atoms with Crippen molar-refractivity contribution in [3.8, 4) is 5.75 Å². The summed E-state index contributed by atoms with van der Waals surface area (Å²) in [5, 5.41) is 2.67. The normalized spacial score (nSPS) is 14.7. The molecule has 4 nitrogen and oxygen atoms in total. The van der Waals surface area contributed by atoms with Gasteiger partial charge < -0.3 is 19.2 Å². The molecule has 0 radical (unpaired) electrons. The number of ether oxygens (including phenoxy) is 1. The van der Waals surface area contributed by atoms with Crippen LogP contribution in [-0.4, -0.2) is 29.8 Å². The van der Waals surface area contributed by atoms with Gasteiger partial charge in [0.05, 0.1) is 12.6 Å². The van der Waals surface area contributed by atoms with E-state index in [1.807, 2.05) is 6.07 Å². The molecule has 0 amide bonds. The van der Waals surface area contributed by atoms with Crippen molar-refractivity contribution in [1.82, 2.24) is 9.55 Å². The van der Waals surface area contributed by atoms with Gasteiger partial charge in [0, 0.05) is 54.0 Å². The van der Waals surface area contributed by atoms with Crippen LogP contribution in [0.5, 0.6) is 5.75 Å². The minimum Gasteiger partial charge on any atom is -0.497 e. The lowest BCUT2D eigenvalue weighted by Gasteiger charge is -2.29. The topological polar surface area (TPSA) is 33.2 Å². The Balaban J connectivity index is 1.32. The fourth-order valence-electron chi connectivity index (χ4n) is 4.74. The predicted molar refractivity (Wildman–Crippen MR) is 121 cm³/mol. The standard InChI is InChI=1S/C25H29N3O/c1-29-20-10-11-23-22(17-20)19(18-26-23)7-6-15-28-16-12-21-24(8-5-9-25(21)28)27-13-3-2-4-14-27/h5,8-12,16-18,26H,2-4,6-7,13-15H2,1H3. The zero-order chi connectivity index (χ0) is 19.6. The first-order valence-electron chi connectivity index (χ1n) is 10.8. The van der Waals surface area contributed by atoms with Crippen LogP contribution in [0, 0.1) is 0 Å². The van der Waals surface area contributed by atoms with E-state index in [0.29, 0.717) is 0 Å². The van der Waals surface area contributed by atoms with Crippen molar-refractivity contribution >= 4 is 27.5 Å². The molecule has 1 saturated heterocycles. The number of aryl methyl sites for hydroxylation is 2. The van der Waals surface area contributed by atoms with Gasteiger partial charge in [0.2, 0.25) is 0 Å². The second-order valence-corrected chi connectivity index (χ2v) is 8.10. The number of nitrogens with zero attached hydrogens (tertiary/aromatic N) is 2. The Morgan fingerprint density at radius 2 is 1.90 bits per heavy atom. The average Bonchev–Trinajstić information content (AvgIpc) is 3.38. The van der Waals surface area contributed by atoms with E-state index < -0.39 is 0 Å². The van der Waals surface area contributed by atoms with E-state index in [0.717, 1.165) is 25.1 Å². The van der Waals surface area contributed by atoms with Crippen molar-refractivity contribution in [2.45, 2.75) is 38.6 Å². The average molecular weight is 388 g/mol. The molecule has 5 rings (SSSR count). The van der Waals surface area contributed by atoms with Gasteiger partial charge in [-0.05, 0) is 74.1 Å². The third-order valence-corrected chi connectivity index (χ3v) is 6.31. The molecule has 1 aliphatic rings. The van der Waals surface area contributed by atoms with Crippen molar-refractivity contribution in [2.75, 3.05) is 25.1 Å². The van der Waals surface area contributed by atoms with E-state index in [9.17, 15) is 0 Å². The molecule has 2 aromatic heterocycles. The molecule has 0 unspecified atom stereocenters. The predicted octanol–water partition coefficient (Wildman–Crippen LogP) is 5.75. The van der Waals surface area contributed by atoms with Crippen molar-refractivity contribution in [3.05, 3.63) is 60.4 Å². The van der Waals surface area contributed by atoms with Crippen molar-refractivity contribution in [2.24, 2.45) is 0 Å². The molecular weight excluding hydrogens is 358 g/mol. The van der Waals surface area contributed by atoms with Crippen LogP contribution in [0.15, 0.2) is 54.9 Å². The highest BCUT2D eigenvalue weighted by Gasteiger charge is 2.15. The third kappa shape index (κ3) is 3.48. The van der Waals surface area contributed by atoms with E-state index in [-0.39, 0.29) is 0 Å².